The third-order valence-corrected chi connectivity index (χ3v) is 4.62. The fraction of sp³-hybridized carbons (Fsp3) is 0.235. The molecule has 27 heavy (non-hydrogen) atoms. The summed E-state index contributed by atoms with van der Waals surface area (Å²) in [6, 6.07) is 9.13. The summed E-state index contributed by atoms with van der Waals surface area (Å²) >= 11 is 0. The lowest BCUT2D eigenvalue weighted by atomic mass is 10.3. The van der Waals surface area contributed by atoms with Crippen molar-refractivity contribution in [1.29, 1.82) is 0 Å². The Morgan fingerprint density at radius 3 is 2.63 bits per heavy atom. The van der Waals surface area contributed by atoms with E-state index < -0.39 is 28.5 Å². The van der Waals surface area contributed by atoms with Crippen molar-refractivity contribution in [1.82, 2.24) is 4.98 Å². The highest BCUT2D eigenvalue weighted by atomic mass is 32.2. The van der Waals surface area contributed by atoms with Gasteiger partial charge in [0.1, 0.15) is 5.82 Å². The molecule has 1 heterocycles. The Morgan fingerprint density at radius 1 is 1.22 bits per heavy atom. The molecular formula is C17H18N4O5S. The zero-order chi connectivity index (χ0) is 19.4. The van der Waals surface area contributed by atoms with Crippen LogP contribution in [0.15, 0.2) is 47.5 Å². The molecule has 1 amide bonds. The number of nitrogens with two attached hydrogens (primary N) is 1. The number of nitrogens with one attached hydrogen (secondary N) is 2. The number of hydrogen-bond donors (Lipinski definition) is 3. The number of benzene rings is 1. The van der Waals surface area contributed by atoms with Crippen LogP contribution >= 0.6 is 0 Å². The molecule has 0 radical (unpaired) electrons. The number of primary sulfonamides is 1. The summed E-state index contributed by atoms with van der Waals surface area (Å²) in [5, 5.41) is 10.7. The molecule has 0 spiro atoms. The number of rotatable bonds is 7. The fourth-order valence-electron chi connectivity index (χ4n) is 2.20. The van der Waals surface area contributed by atoms with E-state index in [2.05, 4.69) is 15.6 Å². The second kappa shape index (κ2) is 7.72. The zero-order valence-electron chi connectivity index (χ0n) is 14.2. The van der Waals surface area contributed by atoms with Gasteiger partial charge in [0.15, 0.2) is 6.61 Å². The van der Waals surface area contributed by atoms with E-state index in [1.807, 2.05) is 0 Å². The van der Waals surface area contributed by atoms with Gasteiger partial charge in [0, 0.05) is 17.9 Å². The lowest BCUT2D eigenvalue weighted by Crippen LogP contribution is -2.21. The lowest BCUT2D eigenvalue weighted by molar-refractivity contribution is -0.119. The molecule has 1 fully saturated rings. The summed E-state index contributed by atoms with van der Waals surface area (Å²) < 4.78 is 27.6. The van der Waals surface area contributed by atoms with Crippen molar-refractivity contribution in [3.63, 3.8) is 0 Å². The molecule has 1 aromatic heterocycles. The number of amides is 1. The molecule has 2 aromatic rings. The van der Waals surface area contributed by atoms with Crippen LogP contribution in [0.25, 0.3) is 0 Å². The molecule has 1 aliphatic carbocycles. The van der Waals surface area contributed by atoms with Crippen molar-refractivity contribution in [2.45, 2.75) is 23.8 Å². The first-order chi connectivity index (χ1) is 12.8. The molecule has 1 saturated carbocycles. The number of ether oxygens (including phenoxy) is 1. The molecule has 1 aliphatic rings. The van der Waals surface area contributed by atoms with Crippen LogP contribution in [0.5, 0.6) is 0 Å². The predicted octanol–water partition coefficient (Wildman–Crippen LogP) is 1.10. The van der Waals surface area contributed by atoms with E-state index in [1.54, 1.807) is 12.1 Å². The van der Waals surface area contributed by atoms with Gasteiger partial charge in [-0.1, -0.05) is 6.07 Å². The molecule has 9 nitrogen and oxygen atoms in total. The van der Waals surface area contributed by atoms with E-state index >= 15 is 0 Å². The van der Waals surface area contributed by atoms with E-state index in [-0.39, 0.29) is 16.1 Å². The van der Waals surface area contributed by atoms with Gasteiger partial charge in [0.05, 0.1) is 10.5 Å². The van der Waals surface area contributed by atoms with Gasteiger partial charge in [0.25, 0.3) is 5.91 Å². The second-order valence-corrected chi connectivity index (χ2v) is 7.61. The lowest BCUT2D eigenvalue weighted by Gasteiger charge is -2.08. The quantitative estimate of drug-likeness (QED) is 0.601. The van der Waals surface area contributed by atoms with Gasteiger partial charge >= 0.3 is 5.97 Å². The molecule has 1 aromatic carbocycles. The van der Waals surface area contributed by atoms with E-state index in [9.17, 15) is 18.0 Å². The number of sulfonamides is 1. The molecule has 0 bridgehead atoms. The standard InChI is InChI=1S/C17H18N4O5S/c18-27(24,25)14-3-1-2-13(8-14)21-16(22)10-26-17(23)11-4-7-15(19-9-11)20-12-5-6-12/h1-4,7-9,12H,5-6,10H2,(H,19,20)(H,21,22)(H2,18,24,25). The smallest absolute Gasteiger partial charge is 0.340 e. The highest BCUT2D eigenvalue weighted by Crippen LogP contribution is 2.23. The molecule has 0 atom stereocenters. The largest absolute Gasteiger partial charge is 0.452 e. The summed E-state index contributed by atoms with van der Waals surface area (Å²) in [5.74, 6) is -0.620. The van der Waals surface area contributed by atoms with Gasteiger partial charge < -0.3 is 15.4 Å². The van der Waals surface area contributed by atoms with Crippen LogP contribution < -0.4 is 15.8 Å². The number of carbonyl (C=O) groups excluding carboxylic acids is 2. The average Bonchev–Trinajstić information content (AvgIpc) is 3.44. The summed E-state index contributed by atoms with van der Waals surface area (Å²) in [5.41, 5.74) is 0.445. The summed E-state index contributed by atoms with van der Waals surface area (Å²) in [7, 11) is -3.88. The maximum atomic E-state index is 12.0. The van der Waals surface area contributed by atoms with Crippen LogP contribution in [0.4, 0.5) is 11.5 Å². The van der Waals surface area contributed by atoms with Gasteiger partial charge in [-0.3, -0.25) is 4.79 Å². The van der Waals surface area contributed by atoms with Crippen molar-refractivity contribution in [2.75, 3.05) is 17.2 Å². The number of pyridine rings is 1. The van der Waals surface area contributed by atoms with Crippen LogP contribution in [0.2, 0.25) is 0 Å². The predicted molar refractivity (Wildman–Crippen MR) is 97.6 cm³/mol. The Hall–Kier alpha value is -2.98. The minimum atomic E-state index is -3.88. The number of esters is 1. The molecule has 0 aliphatic heterocycles. The second-order valence-electron chi connectivity index (χ2n) is 6.05. The summed E-state index contributed by atoms with van der Waals surface area (Å²) in [6.07, 6.45) is 3.60. The first-order valence-corrected chi connectivity index (χ1v) is 9.68. The van der Waals surface area contributed by atoms with Crippen molar-refractivity contribution in [2.24, 2.45) is 5.14 Å². The first kappa shape index (κ1) is 18.8. The number of hydrogen-bond acceptors (Lipinski definition) is 7. The maximum Gasteiger partial charge on any atom is 0.340 e. The number of anilines is 2. The fourth-order valence-corrected chi connectivity index (χ4v) is 2.76. The Labute approximate surface area is 156 Å². The minimum Gasteiger partial charge on any atom is -0.452 e. The number of aromatic nitrogens is 1. The van der Waals surface area contributed by atoms with Crippen molar-refractivity contribution < 1.29 is 22.7 Å². The third-order valence-electron chi connectivity index (χ3n) is 3.71. The number of nitrogens with zero attached hydrogens (tertiary/aromatic N) is 1. The zero-order valence-corrected chi connectivity index (χ0v) is 15.0. The number of carbonyl (C=O) groups is 2. The van der Waals surface area contributed by atoms with Crippen molar-refractivity contribution in [3.8, 4) is 0 Å². The van der Waals surface area contributed by atoms with Gasteiger partial charge in [0.2, 0.25) is 10.0 Å². The Balaban J connectivity index is 1.51. The highest BCUT2D eigenvalue weighted by Gasteiger charge is 2.21. The summed E-state index contributed by atoms with van der Waals surface area (Å²) in [6.45, 7) is -0.527. The van der Waals surface area contributed by atoms with Crippen molar-refractivity contribution >= 4 is 33.4 Å². The minimum absolute atomic E-state index is 0.136. The molecule has 0 saturated heterocycles. The normalized spacial score (nSPS) is 13.7. The van der Waals surface area contributed by atoms with E-state index in [0.717, 1.165) is 12.8 Å². The summed E-state index contributed by atoms with van der Waals surface area (Å²) in [4.78, 5) is 27.9. The van der Waals surface area contributed by atoms with Gasteiger partial charge in [-0.25, -0.2) is 23.3 Å². The Morgan fingerprint density at radius 2 is 2.00 bits per heavy atom. The Kier molecular flexibility index (Phi) is 5.38. The van der Waals surface area contributed by atoms with Crippen LogP contribution in [0.1, 0.15) is 23.2 Å². The monoisotopic (exact) mass is 390 g/mol. The molecule has 10 heteroatoms. The van der Waals surface area contributed by atoms with Crippen LogP contribution in [-0.2, 0) is 19.6 Å². The van der Waals surface area contributed by atoms with Crippen LogP contribution in [0, 0.1) is 0 Å². The van der Waals surface area contributed by atoms with Crippen LogP contribution in [-0.4, -0.2) is 37.9 Å². The molecule has 142 valence electrons. The van der Waals surface area contributed by atoms with Gasteiger partial charge in [-0.2, -0.15) is 0 Å². The molecule has 3 rings (SSSR count). The third kappa shape index (κ3) is 5.50. The maximum absolute atomic E-state index is 12.0. The molecular weight excluding hydrogens is 372 g/mol. The van der Waals surface area contributed by atoms with Crippen LogP contribution in [0.3, 0.4) is 0 Å². The topological polar surface area (TPSA) is 140 Å². The van der Waals surface area contributed by atoms with Gasteiger partial charge in [-0.05, 0) is 43.2 Å². The highest BCUT2D eigenvalue weighted by molar-refractivity contribution is 7.89. The molecule has 4 N–H and O–H groups in total. The average molecular weight is 390 g/mol. The van der Waals surface area contributed by atoms with E-state index in [1.165, 1.54) is 30.5 Å². The Bertz CT molecular complexity index is 956. The first-order valence-electron chi connectivity index (χ1n) is 8.14. The van der Waals surface area contributed by atoms with E-state index in [4.69, 9.17) is 9.88 Å². The van der Waals surface area contributed by atoms with E-state index in [0.29, 0.717) is 11.9 Å². The van der Waals surface area contributed by atoms with Crippen molar-refractivity contribution in [3.05, 3.63) is 48.2 Å². The SMILES string of the molecule is NS(=O)(=O)c1cccc(NC(=O)COC(=O)c2ccc(NC3CC3)nc2)c1. The molecule has 0 unspecified atom stereocenters. The van der Waals surface area contributed by atoms with Gasteiger partial charge in [-0.15, -0.1) is 0 Å².